The van der Waals surface area contributed by atoms with E-state index in [2.05, 4.69) is 59.7 Å². The zero-order chi connectivity index (χ0) is 17.7. The van der Waals surface area contributed by atoms with Gasteiger partial charge in [0.2, 0.25) is 5.91 Å². The summed E-state index contributed by atoms with van der Waals surface area (Å²) in [7, 11) is 0. The third-order valence-corrected chi connectivity index (χ3v) is 6.26. The molecule has 1 amide bonds. The number of rotatable bonds is 8. The van der Waals surface area contributed by atoms with E-state index in [1.165, 1.54) is 5.56 Å². The molecule has 2 atom stereocenters. The molecule has 1 saturated carbocycles. The van der Waals surface area contributed by atoms with Gasteiger partial charge in [0.15, 0.2) is 0 Å². The highest BCUT2D eigenvalue weighted by molar-refractivity contribution is 5.82. The molecule has 3 rings (SSSR count). The largest absolute Gasteiger partial charge is 0.354 e. The Balaban J connectivity index is 1.56. The summed E-state index contributed by atoms with van der Waals surface area (Å²) < 4.78 is 0. The van der Waals surface area contributed by atoms with Gasteiger partial charge in [-0.25, -0.2) is 0 Å². The standard InChI is InChI=1S/C21H33N3O/c1-3-24(4-2)18(14-17-8-6-5-7-9-17)16-23-20(25)19-15-21(19)10-12-22-13-11-21/h5-9,18-19,22H,3-4,10-16H2,1-2H3,(H,23,25). The lowest BCUT2D eigenvalue weighted by atomic mass is 9.91. The van der Waals surface area contributed by atoms with Gasteiger partial charge in [0.1, 0.15) is 0 Å². The highest BCUT2D eigenvalue weighted by Gasteiger charge is 2.57. The summed E-state index contributed by atoms with van der Waals surface area (Å²) >= 11 is 0. The fraction of sp³-hybridized carbons (Fsp3) is 0.667. The molecule has 0 aromatic heterocycles. The Hall–Kier alpha value is -1.39. The molecule has 1 saturated heterocycles. The van der Waals surface area contributed by atoms with E-state index in [0.29, 0.717) is 11.5 Å². The van der Waals surface area contributed by atoms with Crippen molar-refractivity contribution in [2.75, 3.05) is 32.7 Å². The maximum atomic E-state index is 12.7. The number of nitrogens with zero attached hydrogens (tertiary/aromatic N) is 1. The molecule has 0 bridgehead atoms. The van der Waals surface area contributed by atoms with Gasteiger partial charge in [-0.15, -0.1) is 0 Å². The van der Waals surface area contributed by atoms with Crippen molar-refractivity contribution in [1.29, 1.82) is 0 Å². The normalized spacial score (nSPS) is 22.8. The van der Waals surface area contributed by atoms with Crippen LogP contribution in [0.25, 0.3) is 0 Å². The van der Waals surface area contributed by atoms with Gasteiger partial charge in [-0.2, -0.15) is 0 Å². The summed E-state index contributed by atoms with van der Waals surface area (Å²) in [5.74, 6) is 0.538. The number of benzene rings is 1. The van der Waals surface area contributed by atoms with Crippen LogP contribution in [0.15, 0.2) is 30.3 Å². The lowest BCUT2D eigenvalue weighted by molar-refractivity contribution is -0.123. The first-order valence-corrected chi connectivity index (χ1v) is 9.95. The minimum atomic E-state index is 0.253. The first-order valence-electron chi connectivity index (χ1n) is 9.95. The molecular formula is C21H33N3O. The van der Waals surface area contributed by atoms with Crippen molar-refractivity contribution in [2.24, 2.45) is 11.3 Å². The third-order valence-electron chi connectivity index (χ3n) is 6.26. The van der Waals surface area contributed by atoms with Crippen molar-refractivity contribution in [3.8, 4) is 0 Å². The van der Waals surface area contributed by atoms with E-state index in [9.17, 15) is 4.79 Å². The fourth-order valence-corrected chi connectivity index (χ4v) is 4.49. The minimum Gasteiger partial charge on any atom is -0.354 e. The molecule has 4 nitrogen and oxygen atoms in total. The molecule has 1 heterocycles. The van der Waals surface area contributed by atoms with Crippen molar-refractivity contribution in [2.45, 2.75) is 45.6 Å². The van der Waals surface area contributed by atoms with Gasteiger partial charge in [0, 0.05) is 18.5 Å². The van der Waals surface area contributed by atoms with Crippen LogP contribution in [-0.2, 0) is 11.2 Å². The highest BCUT2D eigenvalue weighted by atomic mass is 16.2. The Morgan fingerprint density at radius 3 is 2.56 bits per heavy atom. The molecule has 2 aliphatic rings. The number of hydrogen-bond donors (Lipinski definition) is 2. The molecule has 138 valence electrons. The molecule has 2 N–H and O–H groups in total. The van der Waals surface area contributed by atoms with Crippen LogP contribution in [0.4, 0.5) is 0 Å². The maximum absolute atomic E-state index is 12.7. The number of carbonyl (C=O) groups is 1. The molecule has 0 radical (unpaired) electrons. The number of carbonyl (C=O) groups excluding carboxylic acids is 1. The second-order valence-electron chi connectivity index (χ2n) is 7.68. The Morgan fingerprint density at radius 1 is 1.24 bits per heavy atom. The number of piperidine rings is 1. The van der Waals surface area contributed by atoms with E-state index in [-0.39, 0.29) is 11.8 Å². The van der Waals surface area contributed by atoms with Crippen LogP contribution in [0.2, 0.25) is 0 Å². The van der Waals surface area contributed by atoms with E-state index >= 15 is 0 Å². The number of nitrogens with one attached hydrogen (secondary N) is 2. The Morgan fingerprint density at radius 2 is 1.92 bits per heavy atom. The van der Waals surface area contributed by atoms with Crippen molar-refractivity contribution in [3.05, 3.63) is 35.9 Å². The number of likely N-dealkylation sites (N-methyl/N-ethyl adjacent to an activating group) is 1. The van der Waals surface area contributed by atoms with Gasteiger partial charge < -0.3 is 10.6 Å². The molecule has 1 spiro atoms. The molecule has 2 unspecified atom stereocenters. The van der Waals surface area contributed by atoms with E-state index < -0.39 is 0 Å². The van der Waals surface area contributed by atoms with E-state index in [1.807, 2.05) is 0 Å². The molecule has 4 heteroatoms. The monoisotopic (exact) mass is 343 g/mol. The molecule has 2 fully saturated rings. The van der Waals surface area contributed by atoms with Gasteiger partial charge in [0.05, 0.1) is 0 Å². The Labute approximate surface area is 152 Å². The van der Waals surface area contributed by atoms with Crippen molar-refractivity contribution in [3.63, 3.8) is 0 Å². The second-order valence-corrected chi connectivity index (χ2v) is 7.68. The average molecular weight is 344 g/mol. The van der Waals surface area contributed by atoms with Crippen LogP contribution in [0.1, 0.15) is 38.7 Å². The van der Waals surface area contributed by atoms with Crippen molar-refractivity contribution >= 4 is 5.91 Å². The van der Waals surface area contributed by atoms with Crippen LogP contribution in [-0.4, -0.2) is 49.6 Å². The fourth-order valence-electron chi connectivity index (χ4n) is 4.49. The van der Waals surface area contributed by atoms with E-state index in [1.54, 1.807) is 0 Å². The molecular weight excluding hydrogens is 310 g/mol. The lowest BCUT2D eigenvalue weighted by Gasteiger charge is -2.30. The molecule has 1 aliphatic carbocycles. The third kappa shape index (κ3) is 4.42. The van der Waals surface area contributed by atoms with Crippen LogP contribution in [0.5, 0.6) is 0 Å². The number of hydrogen-bond acceptors (Lipinski definition) is 3. The van der Waals surface area contributed by atoms with E-state index in [4.69, 9.17) is 0 Å². The molecule has 1 aromatic rings. The summed E-state index contributed by atoms with van der Waals surface area (Å²) in [4.78, 5) is 15.1. The van der Waals surface area contributed by atoms with Gasteiger partial charge in [-0.3, -0.25) is 9.69 Å². The summed E-state index contributed by atoms with van der Waals surface area (Å²) in [6, 6.07) is 11.0. The minimum absolute atomic E-state index is 0.253. The molecule has 1 aromatic carbocycles. The Kier molecular flexibility index (Phi) is 6.13. The summed E-state index contributed by atoms with van der Waals surface area (Å²) in [6.07, 6.45) is 4.40. The molecule has 1 aliphatic heterocycles. The predicted octanol–water partition coefficient (Wildman–Crippen LogP) is 2.45. The van der Waals surface area contributed by atoms with Crippen molar-refractivity contribution in [1.82, 2.24) is 15.5 Å². The number of amides is 1. The summed E-state index contributed by atoms with van der Waals surface area (Å²) in [6.45, 7) is 9.33. The quantitative estimate of drug-likeness (QED) is 0.762. The van der Waals surface area contributed by atoms with Crippen LogP contribution < -0.4 is 10.6 Å². The van der Waals surface area contributed by atoms with Gasteiger partial charge in [-0.1, -0.05) is 44.2 Å². The maximum Gasteiger partial charge on any atom is 0.223 e. The van der Waals surface area contributed by atoms with Crippen LogP contribution in [0, 0.1) is 11.3 Å². The van der Waals surface area contributed by atoms with Crippen molar-refractivity contribution < 1.29 is 4.79 Å². The predicted molar refractivity (Wildman–Crippen MR) is 103 cm³/mol. The molecule has 25 heavy (non-hydrogen) atoms. The van der Waals surface area contributed by atoms with Gasteiger partial charge in [-0.05, 0) is 62.8 Å². The lowest BCUT2D eigenvalue weighted by Crippen LogP contribution is -2.46. The average Bonchev–Trinajstić information content (AvgIpc) is 3.34. The second kappa shape index (κ2) is 8.33. The summed E-state index contributed by atoms with van der Waals surface area (Å²) in [5.41, 5.74) is 1.66. The summed E-state index contributed by atoms with van der Waals surface area (Å²) in [5, 5.41) is 6.69. The zero-order valence-corrected chi connectivity index (χ0v) is 15.8. The first kappa shape index (κ1) is 18.4. The SMILES string of the molecule is CCN(CC)C(CNC(=O)C1CC12CCNCC2)Cc1ccccc1. The zero-order valence-electron chi connectivity index (χ0n) is 15.8. The first-order chi connectivity index (χ1) is 12.2. The van der Waals surface area contributed by atoms with E-state index in [0.717, 1.165) is 58.4 Å². The van der Waals surface area contributed by atoms with Crippen LogP contribution in [0.3, 0.4) is 0 Å². The smallest absolute Gasteiger partial charge is 0.223 e. The van der Waals surface area contributed by atoms with Gasteiger partial charge >= 0.3 is 0 Å². The van der Waals surface area contributed by atoms with Gasteiger partial charge in [0.25, 0.3) is 0 Å². The topological polar surface area (TPSA) is 44.4 Å². The Bertz CT molecular complexity index is 550. The highest BCUT2D eigenvalue weighted by Crippen LogP contribution is 2.58. The van der Waals surface area contributed by atoms with Crippen LogP contribution >= 0.6 is 0 Å².